The summed E-state index contributed by atoms with van der Waals surface area (Å²) in [7, 11) is 0. The van der Waals surface area contributed by atoms with E-state index >= 15 is 0 Å². The molecule has 2 rings (SSSR count). The van der Waals surface area contributed by atoms with Gasteiger partial charge in [0.15, 0.2) is 0 Å². The number of nitrogens with zero attached hydrogens (tertiary/aromatic N) is 2. The highest BCUT2D eigenvalue weighted by Gasteiger charge is 2.19. The van der Waals surface area contributed by atoms with Gasteiger partial charge in [-0.15, -0.1) is 6.58 Å². The first-order chi connectivity index (χ1) is 9.45. The summed E-state index contributed by atoms with van der Waals surface area (Å²) in [4.78, 5) is 4.52. The number of nitrogen functional groups attached to an aromatic ring is 1. The number of imidazole rings is 1. The van der Waals surface area contributed by atoms with Crippen LogP contribution in [0.5, 0.6) is 0 Å². The Morgan fingerprint density at radius 2 is 2.20 bits per heavy atom. The number of allylic oxidation sites excluding steroid dienone is 1. The van der Waals surface area contributed by atoms with Crippen LogP contribution < -0.4 is 5.73 Å². The normalized spacial score (nSPS) is 11.1. The van der Waals surface area contributed by atoms with Crippen molar-refractivity contribution in [2.45, 2.75) is 26.3 Å². The molecule has 0 aliphatic rings. The maximum atomic E-state index is 14.1. The topological polar surface area (TPSA) is 43.8 Å². The summed E-state index contributed by atoms with van der Waals surface area (Å²) in [5.74, 6) is 1.16. The summed E-state index contributed by atoms with van der Waals surface area (Å²) >= 11 is 3.24. The van der Waals surface area contributed by atoms with Crippen molar-refractivity contribution in [3.63, 3.8) is 0 Å². The summed E-state index contributed by atoms with van der Waals surface area (Å²) in [5.41, 5.74) is 7.04. The Morgan fingerprint density at radius 3 is 2.75 bits per heavy atom. The molecular formula is C15H17BrFN3. The van der Waals surface area contributed by atoms with Crippen molar-refractivity contribution in [3.05, 3.63) is 47.0 Å². The van der Waals surface area contributed by atoms with Crippen molar-refractivity contribution < 1.29 is 4.39 Å². The molecule has 106 valence electrons. The lowest BCUT2D eigenvalue weighted by molar-refractivity contribution is 0.630. The second-order valence-electron chi connectivity index (χ2n) is 4.88. The summed E-state index contributed by atoms with van der Waals surface area (Å²) in [6.07, 6.45) is 1.76. The number of hydrogen-bond acceptors (Lipinski definition) is 2. The zero-order valence-electron chi connectivity index (χ0n) is 11.5. The molecule has 1 aromatic carbocycles. The number of nitrogens with two attached hydrogens (primary N) is 1. The maximum Gasteiger partial charge on any atom is 0.133 e. The predicted molar refractivity (Wildman–Crippen MR) is 84.0 cm³/mol. The Kier molecular flexibility index (Phi) is 4.28. The van der Waals surface area contributed by atoms with Gasteiger partial charge < -0.3 is 10.3 Å². The Bertz CT molecular complexity index is 647. The lowest BCUT2D eigenvalue weighted by Gasteiger charge is -2.09. The van der Waals surface area contributed by atoms with Crippen LogP contribution in [-0.4, -0.2) is 9.55 Å². The molecule has 0 unspecified atom stereocenters. The molecule has 0 amide bonds. The zero-order chi connectivity index (χ0) is 14.9. The number of aromatic nitrogens is 2. The molecule has 1 aromatic heterocycles. The fraction of sp³-hybridized carbons (Fsp3) is 0.267. The van der Waals surface area contributed by atoms with Gasteiger partial charge in [0.05, 0.1) is 0 Å². The van der Waals surface area contributed by atoms with Crippen LogP contribution >= 0.6 is 15.9 Å². The minimum Gasteiger partial charge on any atom is -0.383 e. The second-order valence-corrected chi connectivity index (χ2v) is 5.80. The Hall–Kier alpha value is -1.62. The SMILES string of the molecule is C=CCn1c(C(C)C)nc(-c2ccc(Br)cc2F)c1N. The maximum absolute atomic E-state index is 14.1. The molecule has 0 aliphatic carbocycles. The van der Waals surface area contributed by atoms with Gasteiger partial charge in [0, 0.05) is 22.5 Å². The van der Waals surface area contributed by atoms with Crippen LogP contribution in [0, 0.1) is 5.82 Å². The van der Waals surface area contributed by atoms with Crippen LogP contribution in [0.15, 0.2) is 35.3 Å². The number of benzene rings is 1. The van der Waals surface area contributed by atoms with E-state index in [1.54, 1.807) is 18.2 Å². The molecule has 0 radical (unpaired) electrons. The third-order valence-electron chi connectivity index (χ3n) is 3.05. The van der Waals surface area contributed by atoms with Crippen molar-refractivity contribution in [2.75, 3.05) is 5.73 Å². The number of anilines is 1. The Morgan fingerprint density at radius 1 is 1.50 bits per heavy atom. The van der Waals surface area contributed by atoms with Gasteiger partial charge in [0.1, 0.15) is 23.2 Å². The van der Waals surface area contributed by atoms with Gasteiger partial charge in [-0.25, -0.2) is 9.37 Å². The van der Waals surface area contributed by atoms with Crippen molar-refractivity contribution in [1.29, 1.82) is 0 Å². The molecule has 0 saturated heterocycles. The Labute approximate surface area is 126 Å². The molecule has 3 nitrogen and oxygen atoms in total. The van der Waals surface area contributed by atoms with Crippen LogP contribution in [-0.2, 0) is 6.54 Å². The highest BCUT2D eigenvalue weighted by Crippen LogP contribution is 2.32. The summed E-state index contributed by atoms with van der Waals surface area (Å²) < 4.78 is 16.6. The molecule has 2 N–H and O–H groups in total. The van der Waals surface area contributed by atoms with Gasteiger partial charge in [-0.1, -0.05) is 35.9 Å². The first-order valence-electron chi connectivity index (χ1n) is 6.38. The van der Waals surface area contributed by atoms with E-state index in [0.29, 0.717) is 28.1 Å². The van der Waals surface area contributed by atoms with Gasteiger partial charge >= 0.3 is 0 Å². The first-order valence-corrected chi connectivity index (χ1v) is 7.17. The first kappa shape index (κ1) is 14.8. The minimum atomic E-state index is -0.343. The van der Waals surface area contributed by atoms with E-state index in [1.807, 2.05) is 18.4 Å². The highest BCUT2D eigenvalue weighted by molar-refractivity contribution is 9.10. The molecule has 0 atom stereocenters. The van der Waals surface area contributed by atoms with Gasteiger partial charge in [-0.2, -0.15) is 0 Å². The molecule has 2 aromatic rings. The van der Waals surface area contributed by atoms with Crippen molar-refractivity contribution in [3.8, 4) is 11.3 Å². The Balaban J connectivity index is 2.62. The quantitative estimate of drug-likeness (QED) is 0.843. The third kappa shape index (κ3) is 2.63. The monoisotopic (exact) mass is 337 g/mol. The zero-order valence-corrected chi connectivity index (χ0v) is 13.1. The number of rotatable bonds is 4. The van der Waals surface area contributed by atoms with Gasteiger partial charge in [0.2, 0.25) is 0 Å². The van der Waals surface area contributed by atoms with Crippen LogP contribution in [0.25, 0.3) is 11.3 Å². The van der Waals surface area contributed by atoms with E-state index in [9.17, 15) is 4.39 Å². The fourth-order valence-electron chi connectivity index (χ4n) is 2.12. The second kappa shape index (κ2) is 5.79. The molecule has 20 heavy (non-hydrogen) atoms. The highest BCUT2D eigenvalue weighted by atomic mass is 79.9. The lowest BCUT2D eigenvalue weighted by atomic mass is 10.1. The van der Waals surface area contributed by atoms with Crippen molar-refractivity contribution >= 4 is 21.7 Å². The van der Waals surface area contributed by atoms with Crippen LogP contribution in [0.3, 0.4) is 0 Å². The van der Waals surface area contributed by atoms with Crippen molar-refractivity contribution in [2.24, 2.45) is 0 Å². The molecule has 0 fully saturated rings. The van der Waals surface area contributed by atoms with E-state index in [2.05, 4.69) is 27.5 Å². The fourth-order valence-corrected chi connectivity index (χ4v) is 2.46. The standard InChI is InChI=1S/C15H17BrFN3/c1-4-7-20-14(18)13(19-15(20)9(2)3)11-6-5-10(16)8-12(11)17/h4-6,8-9H,1,7,18H2,2-3H3. The van der Waals surface area contributed by atoms with Gasteiger partial charge in [0.25, 0.3) is 0 Å². The molecule has 0 spiro atoms. The van der Waals surface area contributed by atoms with E-state index in [1.165, 1.54) is 6.07 Å². The summed E-state index contributed by atoms with van der Waals surface area (Å²) in [6.45, 7) is 8.35. The average molecular weight is 338 g/mol. The van der Waals surface area contributed by atoms with E-state index in [4.69, 9.17) is 5.73 Å². The minimum absolute atomic E-state index is 0.199. The summed E-state index contributed by atoms with van der Waals surface area (Å²) in [5, 5.41) is 0. The number of hydrogen-bond donors (Lipinski definition) is 1. The van der Waals surface area contributed by atoms with Gasteiger partial charge in [-0.05, 0) is 18.2 Å². The average Bonchev–Trinajstić information content (AvgIpc) is 2.68. The van der Waals surface area contributed by atoms with Gasteiger partial charge in [-0.3, -0.25) is 0 Å². The molecule has 1 heterocycles. The van der Waals surface area contributed by atoms with Crippen molar-refractivity contribution in [1.82, 2.24) is 9.55 Å². The van der Waals surface area contributed by atoms with Crippen LogP contribution in [0.1, 0.15) is 25.6 Å². The molecule has 0 saturated carbocycles. The number of halogens is 2. The third-order valence-corrected chi connectivity index (χ3v) is 3.54. The van der Waals surface area contributed by atoms with Crippen LogP contribution in [0.2, 0.25) is 0 Å². The molecule has 0 bridgehead atoms. The largest absolute Gasteiger partial charge is 0.383 e. The predicted octanol–water partition coefficient (Wildman–Crippen LogP) is 4.34. The summed E-state index contributed by atoms with van der Waals surface area (Å²) in [6, 6.07) is 4.87. The lowest BCUT2D eigenvalue weighted by Crippen LogP contribution is -2.07. The van der Waals surface area contributed by atoms with E-state index in [-0.39, 0.29) is 11.7 Å². The van der Waals surface area contributed by atoms with Crippen LogP contribution in [0.4, 0.5) is 10.2 Å². The molecular weight excluding hydrogens is 321 g/mol. The molecule has 5 heteroatoms. The van der Waals surface area contributed by atoms with E-state index < -0.39 is 0 Å². The van der Waals surface area contributed by atoms with E-state index in [0.717, 1.165) is 5.82 Å². The smallest absolute Gasteiger partial charge is 0.133 e. The molecule has 0 aliphatic heterocycles.